The first-order valence-corrected chi connectivity index (χ1v) is 10.6. The number of amides is 1. The molecule has 7 nitrogen and oxygen atoms in total. The maximum Gasteiger partial charge on any atom is 0.237 e. The minimum atomic E-state index is 0.0928. The number of benzene rings is 2. The van der Waals surface area contributed by atoms with Crippen LogP contribution in [-0.4, -0.2) is 39.8 Å². The molecule has 0 saturated heterocycles. The van der Waals surface area contributed by atoms with Crippen LogP contribution in [0.4, 0.5) is 5.69 Å². The Kier molecular flexibility index (Phi) is 4.63. The number of carbonyl (C=O) groups is 1. The van der Waals surface area contributed by atoms with Crippen molar-refractivity contribution in [1.82, 2.24) is 14.8 Å². The molecule has 1 amide bonds. The molecule has 0 N–H and O–H groups in total. The average molecular weight is 408 g/mol. The van der Waals surface area contributed by atoms with Crippen LogP contribution in [0.2, 0.25) is 0 Å². The summed E-state index contributed by atoms with van der Waals surface area (Å²) in [7, 11) is 0. The first kappa shape index (κ1) is 18.1. The number of carbonyl (C=O) groups excluding carboxylic acids is 1. The van der Waals surface area contributed by atoms with Crippen LogP contribution in [0.15, 0.2) is 47.6 Å². The van der Waals surface area contributed by atoms with Crippen molar-refractivity contribution in [2.24, 2.45) is 0 Å². The molecule has 1 aromatic heterocycles. The first-order chi connectivity index (χ1) is 14.2. The Hall–Kier alpha value is -3.00. The van der Waals surface area contributed by atoms with E-state index in [0.717, 1.165) is 40.9 Å². The summed E-state index contributed by atoms with van der Waals surface area (Å²) in [5.74, 6) is 2.63. The van der Waals surface area contributed by atoms with Crippen molar-refractivity contribution in [3.05, 3.63) is 48.0 Å². The Bertz CT molecular complexity index is 1080. The molecular weight excluding hydrogens is 388 g/mol. The van der Waals surface area contributed by atoms with E-state index in [9.17, 15) is 4.79 Å². The van der Waals surface area contributed by atoms with Gasteiger partial charge in [0.25, 0.3) is 0 Å². The van der Waals surface area contributed by atoms with Gasteiger partial charge in [-0.1, -0.05) is 30.0 Å². The molecule has 0 fully saturated rings. The summed E-state index contributed by atoms with van der Waals surface area (Å²) >= 11 is 1.42. The summed E-state index contributed by atoms with van der Waals surface area (Å²) in [6, 6.07) is 13.8. The van der Waals surface area contributed by atoms with Crippen molar-refractivity contribution in [1.29, 1.82) is 0 Å². The summed E-state index contributed by atoms with van der Waals surface area (Å²) in [5, 5.41) is 9.43. The van der Waals surface area contributed by atoms with Crippen molar-refractivity contribution in [2.75, 3.05) is 24.0 Å². The molecule has 8 heteroatoms. The van der Waals surface area contributed by atoms with Crippen LogP contribution < -0.4 is 14.4 Å². The number of hydrogen-bond acceptors (Lipinski definition) is 6. The lowest BCUT2D eigenvalue weighted by molar-refractivity contribution is -0.116. The topological polar surface area (TPSA) is 69.5 Å². The van der Waals surface area contributed by atoms with Crippen molar-refractivity contribution < 1.29 is 14.3 Å². The van der Waals surface area contributed by atoms with Crippen LogP contribution in [0, 0.1) is 0 Å². The van der Waals surface area contributed by atoms with Gasteiger partial charge in [-0.15, -0.1) is 10.2 Å². The number of nitrogens with zero attached hydrogens (tertiary/aromatic N) is 4. The zero-order valence-corrected chi connectivity index (χ0v) is 16.8. The molecule has 3 heterocycles. The van der Waals surface area contributed by atoms with E-state index in [1.54, 1.807) is 0 Å². The molecule has 0 saturated carbocycles. The van der Waals surface area contributed by atoms with Gasteiger partial charge in [0.15, 0.2) is 22.5 Å². The summed E-state index contributed by atoms with van der Waals surface area (Å²) < 4.78 is 12.9. The highest BCUT2D eigenvalue weighted by molar-refractivity contribution is 7.99. The lowest BCUT2D eigenvalue weighted by Crippen LogP contribution is -2.30. The van der Waals surface area contributed by atoms with E-state index >= 15 is 0 Å². The molecule has 0 radical (unpaired) electrons. The van der Waals surface area contributed by atoms with Gasteiger partial charge in [-0.2, -0.15) is 0 Å². The standard InChI is InChI=1S/C21H20N4O3S/c1-2-24-20(15-7-8-17-18(11-15)28-13-27-17)22-23-21(24)29-12-19(26)25-10-9-14-5-3-4-6-16(14)25/h3-8,11H,2,9-10,12-13H2,1H3. The van der Waals surface area contributed by atoms with Crippen LogP contribution in [-0.2, 0) is 17.8 Å². The first-order valence-electron chi connectivity index (χ1n) is 9.59. The molecule has 0 unspecified atom stereocenters. The highest BCUT2D eigenvalue weighted by Gasteiger charge is 2.25. The minimum Gasteiger partial charge on any atom is -0.454 e. The lowest BCUT2D eigenvalue weighted by atomic mass is 10.2. The largest absolute Gasteiger partial charge is 0.454 e. The second-order valence-electron chi connectivity index (χ2n) is 6.83. The smallest absolute Gasteiger partial charge is 0.237 e. The van der Waals surface area contributed by atoms with Crippen molar-refractivity contribution in [2.45, 2.75) is 25.0 Å². The van der Waals surface area contributed by atoms with Crippen LogP contribution in [0.5, 0.6) is 11.5 Å². The maximum absolute atomic E-state index is 12.8. The number of thioether (sulfide) groups is 1. The fourth-order valence-corrected chi connectivity index (χ4v) is 4.61. The van der Waals surface area contributed by atoms with Crippen LogP contribution in [0.1, 0.15) is 12.5 Å². The van der Waals surface area contributed by atoms with E-state index < -0.39 is 0 Å². The van der Waals surface area contributed by atoms with Gasteiger partial charge >= 0.3 is 0 Å². The SMILES string of the molecule is CCn1c(SCC(=O)N2CCc3ccccc32)nnc1-c1ccc2c(c1)OCO2. The number of hydrogen-bond donors (Lipinski definition) is 0. The minimum absolute atomic E-state index is 0.0928. The van der Waals surface area contributed by atoms with Crippen LogP contribution in [0.25, 0.3) is 11.4 Å². The van der Waals surface area contributed by atoms with Crippen LogP contribution in [0.3, 0.4) is 0 Å². The Morgan fingerprint density at radius 3 is 2.90 bits per heavy atom. The summed E-state index contributed by atoms with van der Waals surface area (Å²) in [6.07, 6.45) is 0.909. The average Bonchev–Trinajstić information content (AvgIpc) is 3.48. The summed E-state index contributed by atoms with van der Waals surface area (Å²) in [6.45, 7) is 3.73. The predicted molar refractivity (Wildman–Crippen MR) is 110 cm³/mol. The molecule has 0 bridgehead atoms. The van der Waals surface area contributed by atoms with E-state index in [4.69, 9.17) is 9.47 Å². The third-order valence-electron chi connectivity index (χ3n) is 5.18. The number of fused-ring (bicyclic) bond motifs is 2. The molecule has 0 atom stereocenters. The second-order valence-corrected chi connectivity index (χ2v) is 7.77. The Morgan fingerprint density at radius 1 is 1.14 bits per heavy atom. The van der Waals surface area contributed by atoms with Crippen molar-refractivity contribution >= 4 is 23.4 Å². The molecule has 0 aliphatic carbocycles. The fraction of sp³-hybridized carbons (Fsp3) is 0.286. The number of aromatic nitrogens is 3. The van der Waals surface area contributed by atoms with E-state index in [2.05, 4.69) is 16.3 Å². The van der Waals surface area contributed by atoms with Crippen LogP contribution >= 0.6 is 11.8 Å². The third-order valence-corrected chi connectivity index (χ3v) is 6.13. The molecule has 5 rings (SSSR count). The molecule has 0 spiro atoms. The number of anilines is 1. The maximum atomic E-state index is 12.8. The third kappa shape index (κ3) is 3.23. The van der Waals surface area contributed by atoms with E-state index in [1.807, 2.05) is 52.8 Å². The highest BCUT2D eigenvalue weighted by Crippen LogP contribution is 2.36. The number of rotatable bonds is 5. The van der Waals surface area contributed by atoms with E-state index in [0.29, 0.717) is 18.0 Å². The normalized spacial score (nSPS) is 14.3. The van der Waals surface area contributed by atoms with Gasteiger partial charge in [0.1, 0.15) is 0 Å². The van der Waals surface area contributed by atoms with Gasteiger partial charge in [0, 0.05) is 24.3 Å². The summed E-state index contributed by atoms with van der Waals surface area (Å²) in [5.41, 5.74) is 3.17. The Morgan fingerprint density at radius 2 is 2.00 bits per heavy atom. The molecular formula is C21H20N4O3S. The fourth-order valence-electron chi connectivity index (χ4n) is 3.73. The monoisotopic (exact) mass is 408 g/mol. The zero-order valence-electron chi connectivity index (χ0n) is 16.0. The molecule has 29 heavy (non-hydrogen) atoms. The molecule has 2 aliphatic heterocycles. The predicted octanol–water partition coefficient (Wildman–Crippen LogP) is 3.38. The van der Waals surface area contributed by atoms with Gasteiger partial charge in [-0.05, 0) is 43.2 Å². The molecule has 2 aliphatic rings. The van der Waals surface area contributed by atoms with Crippen molar-refractivity contribution in [3.63, 3.8) is 0 Å². The molecule has 148 valence electrons. The number of para-hydroxylation sites is 1. The Labute approximate surface area is 172 Å². The van der Waals surface area contributed by atoms with Gasteiger partial charge in [0.05, 0.1) is 5.75 Å². The van der Waals surface area contributed by atoms with Gasteiger partial charge in [-0.3, -0.25) is 4.79 Å². The highest BCUT2D eigenvalue weighted by atomic mass is 32.2. The summed E-state index contributed by atoms with van der Waals surface area (Å²) in [4.78, 5) is 14.7. The second kappa shape index (κ2) is 7.44. The van der Waals surface area contributed by atoms with Gasteiger partial charge < -0.3 is 18.9 Å². The number of ether oxygens (including phenoxy) is 2. The zero-order chi connectivity index (χ0) is 19.8. The Balaban J connectivity index is 1.33. The molecule has 3 aromatic rings. The van der Waals surface area contributed by atoms with E-state index in [1.165, 1.54) is 17.3 Å². The van der Waals surface area contributed by atoms with Crippen molar-refractivity contribution in [3.8, 4) is 22.9 Å². The molecule has 2 aromatic carbocycles. The van der Waals surface area contributed by atoms with E-state index in [-0.39, 0.29) is 12.7 Å². The quantitative estimate of drug-likeness (QED) is 0.603. The lowest BCUT2D eigenvalue weighted by Gasteiger charge is -2.17. The van der Waals surface area contributed by atoms with Gasteiger partial charge in [-0.25, -0.2) is 0 Å². The van der Waals surface area contributed by atoms with Gasteiger partial charge in [0.2, 0.25) is 12.7 Å².